The van der Waals surface area contributed by atoms with Crippen LogP contribution in [0.15, 0.2) is 29.2 Å². The first-order valence-corrected chi connectivity index (χ1v) is 6.33. The first-order valence-electron chi connectivity index (χ1n) is 4.89. The first kappa shape index (κ1) is 12.9. The number of aldehydes is 1. The van der Waals surface area contributed by atoms with E-state index in [0.29, 0.717) is 6.29 Å². The first-order chi connectivity index (χ1) is 7.39. The monoisotopic (exact) mass is 241 g/mol. The SMILES string of the molecule is Cc1ccc(S(=O)(=O)N(C)[C@@H](C)C=O)cc1. The van der Waals surface area contributed by atoms with Gasteiger partial charge in [-0.2, -0.15) is 4.31 Å². The van der Waals surface area contributed by atoms with Gasteiger partial charge in [-0.15, -0.1) is 0 Å². The molecule has 0 aliphatic heterocycles. The Morgan fingerprint density at radius 2 is 1.75 bits per heavy atom. The molecule has 0 aliphatic rings. The fourth-order valence-electron chi connectivity index (χ4n) is 1.18. The maximum atomic E-state index is 12.0. The number of likely N-dealkylation sites (N-methyl/N-ethyl adjacent to an activating group) is 1. The number of nitrogens with zero attached hydrogens (tertiary/aromatic N) is 1. The van der Waals surface area contributed by atoms with Crippen LogP contribution >= 0.6 is 0 Å². The quantitative estimate of drug-likeness (QED) is 0.744. The Bertz CT molecular complexity index is 465. The van der Waals surface area contributed by atoms with E-state index in [1.807, 2.05) is 6.92 Å². The Balaban J connectivity index is 3.11. The molecule has 0 bridgehead atoms. The highest BCUT2D eigenvalue weighted by Gasteiger charge is 2.24. The Kier molecular flexibility index (Phi) is 3.83. The molecule has 0 amide bonds. The molecule has 5 heteroatoms. The zero-order valence-corrected chi connectivity index (χ0v) is 10.4. The van der Waals surface area contributed by atoms with Crippen molar-refractivity contribution >= 4 is 16.3 Å². The highest BCUT2D eigenvalue weighted by Crippen LogP contribution is 2.16. The van der Waals surface area contributed by atoms with Gasteiger partial charge in [-0.1, -0.05) is 17.7 Å². The second-order valence-electron chi connectivity index (χ2n) is 3.71. The minimum absolute atomic E-state index is 0.203. The number of sulfonamides is 1. The normalized spacial score (nSPS) is 13.8. The topological polar surface area (TPSA) is 54.5 Å². The predicted molar refractivity (Wildman–Crippen MR) is 61.7 cm³/mol. The van der Waals surface area contributed by atoms with E-state index in [1.54, 1.807) is 31.2 Å². The van der Waals surface area contributed by atoms with Crippen molar-refractivity contribution in [3.63, 3.8) is 0 Å². The van der Waals surface area contributed by atoms with Crippen LogP contribution in [0.1, 0.15) is 12.5 Å². The van der Waals surface area contributed by atoms with Gasteiger partial charge in [0.15, 0.2) is 0 Å². The van der Waals surface area contributed by atoms with Crippen LogP contribution in [-0.2, 0) is 14.8 Å². The van der Waals surface area contributed by atoms with Gasteiger partial charge in [0.1, 0.15) is 6.29 Å². The smallest absolute Gasteiger partial charge is 0.243 e. The van der Waals surface area contributed by atoms with Crippen molar-refractivity contribution in [1.82, 2.24) is 4.31 Å². The van der Waals surface area contributed by atoms with E-state index in [4.69, 9.17) is 0 Å². The number of carbonyl (C=O) groups excluding carboxylic acids is 1. The highest BCUT2D eigenvalue weighted by molar-refractivity contribution is 7.89. The van der Waals surface area contributed by atoms with Gasteiger partial charge >= 0.3 is 0 Å². The zero-order chi connectivity index (χ0) is 12.3. The Morgan fingerprint density at radius 1 is 1.25 bits per heavy atom. The van der Waals surface area contributed by atoms with E-state index in [-0.39, 0.29) is 4.90 Å². The molecular weight excluding hydrogens is 226 g/mol. The molecule has 0 saturated heterocycles. The molecule has 0 heterocycles. The van der Waals surface area contributed by atoms with E-state index >= 15 is 0 Å². The highest BCUT2D eigenvalue weighted by atomic mass is 32.2. The third-order valence-corrected chi connectivity index (χ3v) is 4.43. The van der Waals surface area contributed by atoms with Gasteiger partial charge in [0.2, 0.25) is 10.0 Å². The molecule has 1 atom stereocenters. The Hall–Kier alpha value is -1.20. The molecule has 0 aliphatic carbocycles. The number of aryl methyl sites for hydroxylation is 1. The summed E-state index contributed by atoms with van der Waals surface area (Å²) in [5.74, 6) is 0. The summed E-state index contributed by atoms with van der Waals surface area (Å²) in [5, 5.41) is 0. The number of hydrogen-bond donors (Lipinski definition) is 0. The maximum absolute atomic E-state index is 12.0. The van der Waals surface area contributed by atoms with Gasteiger partial charge in [0.05, 0.1) is 10.9 Å². The van der Waals surface area contributed by atoms with Crippen molar-refractivity contribution in [3.8, 4) is 0 Å². The third kappa shape index (κ3) is 2.48. The van der Waals surface area contributed by atoms with Crippen molar-refractivity contribution in [2.75, 3.05) is 7.05 Å². The zero-order valence-electron chi connectivity index (χ0n) is 9.54. The molecule has 0 N–H and O–H groups in total. The van der Waals surface area contributed by atoms with E-state index in [2.05, 4.69) is 0 Å². The molecule has 0 aromatic heterocycles. The molecule has 0 spiro atoms. The lowest BCUT2D eigenvalue weighted by molar-refractivity contribution is -0.110. The van der Waals surface area contributed by atoms with Crippen LogP contribution in [0.3, 0.4) is 0 Å². The number of hydrogen-bond acceptors (Lipinski definition) is 3. The average molecular weight is 241 g/mol. The van der Waals surface area contributed by atoms with Crippen molar-refractivity contribution in [3.05, 3.63) is 29.8 Å². The van der Waals surface area contributed by atoms with Crippen molar-refractivity contribution in [2.45, 2.75) is 24.8 Å². The number of benzene rings is 1. The van der Waals surface area contributed by atoms with Crippen LogP contribution < -0.4 is 0 Å². The van der Waals surface area contributed by atoms with E-state index in [1.165, 1.54) is 7.05 Å². The summed E-state index contributed by atoms with van der Waals surface area (Å²) in [6.45, 7) is 3.42. The molecule has 0 radical (unpaired) electrons. The molecule has 1 aromatic rings. The minimum atomic E-state index is -3.56. The third-order valence-electron chi connectivity index (χ3n) is 2.47. The van der Waals surface area contributed by atoms with Gasteiger partial charge in [0, 0.05) is 7.05 Å². The van der Waals surface area contributed by atoms with Crippen molar-refractivity contribution in [1.29, 1.82) is 0 Å². The van der Waals surface area contributed by atoms with Crippen molar-refractivity contribution in [2.24, 2.45) is 0 Å². The fraction of sp³-hybridized carbons (Fsp3) is 0.364. The van der Waals surface area contributed by atoms with Crippen LogP contribution in [0.4, 0.5) is 0 Å². The fourth-order valence-corrected chi connectivity index (χ4v) is 2.48. The summed E-state index contributed by atoms with van der Waals surface area (Å²) in [6.07, 6.45) is 0.603. The molecular formula is C11H15NO3S. The lowest BCUT2D eigenvalue weighted by Crippen LogP contribution is -2.35. The molecule has 88 valence electrons. The van der Waals surface area contributed by atoms with Crippen LogP contribution in [0, 0.1) is 6.92 Å². The second-order valence-corrected chi connectivity index (χ2v) is 5.71. The van der Waals surface area contributed by atoms with Gasteiger partial charge < -0.3 is 4.79 Å². The van der Waals surface area contributed by atoms with Crippen LogP contribution in [0.5, 0.6) is 0 Å². The number of rotatable bonds is 4. The maximum Gasteiger partial charge on any atom is 0.243 e. The Morgan fingerprint density at radius 3 is 2.19 bits per heavy atom. The predicted octanol–water partition coefficient (Wildman–Crippen LogP) is 1.20. The summed E-state index contributed by atoms with van der Waals surface area (Å²) in [7, 11) is -2.17. The van der Waals surface area contributed by atoms with Crippen LogP contribution in [0.2, 0.25) is 0 Å². The van der Waals surface area contributed by atoms with E-state index in [9.17, 15) is 13.2 Å². The standard InChI is InChI=1S/C11H15NO3S/c1-9-4-6-11(7-5-9)16(14,15)12(3)10(2)8-13/h4-8,10H,1-3H3/t10-/m0/s1. The van der Waals surface area contributed by atoms with E-state index in [0.717, 1.165) is 9.87 Å². The molecule has 0 unspecified atom stereocenters. The molecule has 0 fully saturated rings. The molecule has 16 heavy (non-hydrogen) atoms. The van der Waals surface area contributed by atoms with Gasteiger partial charge in [-0.25, -0.2) is 8.42 Å². The minimum Gasteiger partial charge on any atom is -0.302 e. The lowest BCUT2D eigenvalue weighted by atomic mass is 10.2. The summed E-state index contributed by atoms with van der Waals surface area (Å²) >= 11 is 0. The summed E-state index contributed by atoms with van der Waals surface area (Å²) < 4.78 is 25.1. The van der Waals surface area contributed by atoms with Gasteiger partial charge in [-0.3, -0.25) is 0 Å². The van der Waals surface area contributed by atoms with E-state index < -0.39 is 16.1 Å². The molecule has 1 rings (SSSR count). The lowest BCUT2D eigenvalue weighted by Gasteiger charge is -2.19. The Labute approximate surface area is 95.9 Å². The largest absolute Gasteiger partial charge is 0.302 e. The summed E-state index contributed by atoms with van der Waals surface area (Å²) in [6, 6.07) is 5.88. The summed E-state index contributed by atoms with van der Waals surface area (Å²) in [4.78, 5) is 10.8. The average Bonchev–Trinajstić information content (AvgIpc) is 2.27. The van der Waals surface area contributed by atoms with Crippen molar-refractivity contribution < 1.29 is 13.2 Å². The van der Waals surface area contributed by atoms with Crippen LogP contribution in [0.25, 0.3) is 0 Å². The second kappa shape index (κ2) is 4.76. The summed E-state index contributed by atoms with van der Waals surface area (Å²) in [5.41, 5.74) is 0.991. The number of carbonyl (C=O) groups is 1. The van der Waals surface area contributed by atoms with Gasteiger partial charge in [-0.05, 0) is 26.0 Å². The molecule has 4 nitrogen and oxygen atoms in total. The molecule has 0 saturated carbocycles. The van der Waals surface area contributed by atoms with Crippen LogP contribution in [-0.4, -0.2) is 32.1 Å². The van der Waals surface area contributed by atoms with Gasteiger partial charge in [0.25, 0.3) is 0 Å². The molecule has 1 aromatic carbocycles.